The number of nitrogens with one attached hydrogen (secondary N) is 1. The number of rotatable bonds is 4. The molecule has 3 aromatic carbocycles. The molecule has 6 nitrogen and oxygen atoms in total. The smallest absolute Gasteiger partial charge is 0.288 e. The summed E-state index contributed by atoms with van der Waals surface area (Å²) in [5.41, 5.74) is 1.46. The second-order valence-electron chi connectivity index (χ2n) is 6.18. The van der Waals surface area contributed by atoms with Crippen LogP contribution in [-0.4, -0.2) is 15.8 Å². The lowest BCUT2D eigenvalue weighted by molar-refractivity contribution is -0.384. The number of nitro groups is 1. The second-order valence-corrected chi connectivity index (χ2v) is 8.43. The van der Waals surface area contributed by atoms with E-state index in [4.69, 9.17) is 34.8 Å². The van der Waals surface area contributed by atoms with E-state index in [1.54, 1.807) is 6.07 Å². The van der Waals surface area contributed by atoms with Crippen LogP contribution in [0.3, 0.4) is 0 Å². The van der Waals surface area contributed by atoms with Gasteiger partial charge in [-0.3, -0.25) is 14.9 Å². The number of benzene rings is 3. The lowest BCUT2D eigenvalue weighted by Gasteiger charge is -2.10. The first-order chi connectivity index (χ1) is 14.3. The van der Waals surface area contributed by atoms with Crippen molar-refractivity contribution in [3.8, 4) is 10.6 Å². The number of anilines is 1. The molecule has 0 atom stereocenters. The van der Waals surface area contributed by atoms with Crippen molar-refractivity contribution in [2.45, 2.75) is 0 Å². The number of amides is 1. The lowest BCUT2D eigenvalue weighted by Crippen LogP contribution is -2.12. The first-order valence-electron chi connectivity index (χ1n) is 8.44. The van der Waals surface area contributed by atoms with Gasteiger partial charge in [0.1, 0.15) is 10.0 Å². The normalized spacial score (nSPS) is 10.9. The lowest BCUT2D eigenvalue weighted by atomic mass is 10.1. The highest BCUT2D eigenvalue weighted by Gasteiger charge is 2.19. The predicted octanol–water partition coefficient (Wildman–Crippen LogP) is 7.08. The van der Waals surface area contributed by atoms with Crippen molar-refractivity contribution in [1.29, 1.82) is 0 Å². The van der Waals surface area contributed by atoms with Crippen LogP contribution in [0.1, 0.15) is 10.4 Å². The van der Waals surface area contributed by atoms with Crippen molar-refractivity contribution < 1.29 is 9.72 Å². The van der Waals surface area contributed by atoms with Gasteiger partial charge in [0.15, 0.2) is 0 Å². The average molecular weight is 479 g/mol. The number of para-hydroxylation sites is 1. The highest BCUT2D eigenvalue weighted by atomic mass is 35.5. The Morgan fingerprint density at radius 2 is 1.77 bits per heavy atom. The Bertz CT molecular complexity index is 1290. The zero-order chi connectivity index (χ0) is 21.4. The summed E-state index contributed by atoms with van der Waals surface area (Å²) < 4.78 is 0.998. The van der Waals surface area contributed by atoms with E-state index in [2.05, 4.69) is 10.3 Å². The molecule has 0 saturated carbocycles. The van der Waals surface area contributed by atoms with E-state index in [0.29, 0.717) is 21.3 Å². The Labute approximate surface area is 189 Å². The van der Waals surface area contributed by atoms with E-state index in [1.165, 1.54) is 29.5 Å². The fourth-order valence-corrected chi connectivity index (χ4v) is 4.54. The summed E-state index contributed by atoms with van der Waals surface area (Å²) in [5, 5.41) is 15.0. The monoisotopic (exact) mass is 477 g/mol. The average Bonchev–Trinajstić information content (AvgIpc) is 3.13. The van der Waals surface area contributed by atoms with E-state index < -0.39 is 10.8 Å². The van der Waals surface area contributed by atoms with Crippen LogP contribution in [-0.2, 0) is 0 Å². The number of carbonyl (C=O) groups excluding carboxylic acids is 1. The van der Waals surface area contributed by atoms with Crippen molar-refractivity contribution in [2.24, 2.45) is 0 Å². The van der Waals surface area contributed by atoms with Crippen LogP contribution < -0.4 is 5.32 Å². The second kappa shape index (κ2) is 8.20. The van der Waals surface area contributed by atoms with Gasteiger partial charge in [0.05, 0.1) is 30.9 Å². The highest BCUT2D eigenvalue weighted by Crippen LogP contribution is 2.39. The fourth-order valence-electron chi connectivity index (χ4n) is 2.78. The summed E-state index contributed by atoms with van der Waals surface area (Å²) >= 11 is 19.9. The minimum absolute atomic E-state index is 0.0563. The van der Waals surface area contributed by atoms with Crippen molar-refractivity contribution in [2.75, 3.05) is 5.32 Å². The Morgan fingerprint density at radius 3 is 2.50 bits per heavy atom. The molecule has 30 heavy (non-hydrogen) atoms. The fraction of sp³-hybridized carbons (Fsp3) is 0. The number of hydrogen-bond donors (Lipinski definition) is 1. The molecule has 0 bridgehead atoms. The maximum atomic E-state index is 12.6. The molecule has 1 heterocycles. The van der Waals surface area contributed by atoms with Gasteiger partial charge in [-0.15, -0.1) is 11.3 Å². The van der Waals surface area contributed by atoms with Gasteiger partial charge in [-0.1, -0.05) is 46.9 Å². The van der Waals surface area contributed by atoms with Crippen LogP contribution in [0.2, 0.25) is 15.1 Å². The largest absolute Gasteiger partial charge is 0.321 e. The molecule has 0 radical (unpaired) electrons. The summed E-state index contributed by atoms with van der Waals surface area (Å²) in [6.07, 6.45) is 0. The van der Waals surface area contributed by atoms with Gasteiger partial charge in [-0.2, -0.15) is 0 Å². The molecule has 1 amide bonds. The summed E-state index contributed by atoms with van der Waals surface area (Å²) in [6.45, 7) is 0. The van der Waals surface area contributed by atoms with Crippen molar-refractivity contribution in [1.82, 2.24) is 4.98 Å². The third-order valence-electron chi connectivity index (χ3n) is 4.23. The highest BCUT2D eigenvalue weighted by molar-refractivity contribution is 7.21. The number of nitrogens with zero attached hydrogens (tertiary/aromatic N) is 2. The van der Waals surface area contributed by atoms with Crippen molar-refractivity contribution in [3.63, 3.8) is 0 Å². The number of aromatic nitrogens is 1. The Hall–Kier alpha value is -2.71. The summed E-state index contributed by atoms with van der Waals surface area (Å²) in [4.78, 5) is 27.6. The molecule has 0 fully saturated rings. The van der Waals surface area contributed by atoms with E-state index in [1.807, 2.05) is 24.3 Å². The van der Waals surface area contributed by atoms with E-state index in [-0.39, 0.29) is 21.3 Å². The molecule has 0 spiro atoms. The molecule has 1 N–H and O–H groups in total. The first kappa shape index (κ1) is 20.6. The molecule has 0 saturated heterocycles. The maximum absolute atomic E-state index is 12.6. The SMILES string of the molecule is O=C(Nc1cc(-c2nc3ccccc3s2)c(Cl)cc1Cl)c1ccc(Cl)c([N+](=O)[O-])c1. The topological polar surface area (TPSA) is 85.1 Å². The summed E-state index contributed by atoms with van der Waals surface area (Å²) in [7, 11) is 0. The van der Waals surface area contributed by atoms with E-state index in [9.17, 15) is 14.9 Å². The minimum Gasteiger partial charge on any atom is -0.321 e. The van der Waals surface area contributed by atoms with Crippen LogP contribution in [0.5, 0.6) is 0 Å². The van der Waals surface area contributed by atoms with Crippen LogP contribution in [0.25, 0.3) is 20.8 Å². The molecule has 0 unspecified atom stereocenters. The molecule has 0 aliphatic rings. The molecule has 4 aromatic rings. The number of carbonyl (C=O) groups is 1. The molecule has 150 valence electrons. The quantitative estimate of drug-likeness (QED) is 0.251. The van der Waals surface area contributed by atoms with E-state index >= 15 is 0 Å². The van der Waals surface area contributed by atoms with Gasteiger partial charge in [0.2, 0.25) is 0 Å². The van der Waals surface area contributed by atoms with E-state index in [0.717, 1.165) is 16.3 Å². The molecule has 10 heteroatoms. The number of hydrogen-bond acceptors (Lipinski definition) is 5. The summed E-state index contributed by atoms with van der Waals surface area (Å²) in [5.74, 6) is -0.575. The Balaban J connectivity index is 1.70. The van der Waals surface area contributed by atoms with Crippen LogP contribution in [0, 0.1) is 10.1 Å². The third-order valence-corrected chi connectivity index (χ3v) is 6.25. The van der Waals surface area contributed by atoms with Gasteiger partial charge in [-0.05, 0) is 36.4 Å². The minimum atomic E-state index is -0.653. The molecule has 4 rings (SSSR count). The number of thiazole rings is 1. The van der Waals surface area contributed by atoms with Crippen LogP contribution in [0.15, 0.2) is 54.6 Å². The Kier molecular flexibility index (Phi) is 5.62. The van der Waals surface area contributed by atoms with Crippen molar-refractivity contribution >= 4 is 73.6 Å². The number of nitro benzene ring substituents is 1. The molecular formula is C20H10Cl3N3O3S. The number of fused-ring (bicyclic) bond motifs is 1. The first-order valence-corrected chi connectivity index (χ1v) is 10.4. The molecule has 0 aliphatic carbocycles. The molecule has 0 aliphatic heterocycles. The zero-order valence-corrected chi connectivity index (χ0v) is 17.9. The van der Waals surface area contributed by atoms with Crippen LogP contribution in [0.4, 0.5) is 11.4 Å². The molecular weight excluding hydrogens is 469 g/mol. The maximum Gasteiger partial charge on any atom is 0.288 e. The standard InChI is InChI=1S/C20H10Cl3N3O3S/c21-12-6-5-10(7-17(12)26(28)29)19(27)24-16-8-11(13(22)9-14(16)23)20-25-15-3-1-2-4-18(15)30-20/h1-9H,(H,24,27). The number of halogens is 3. The summed E-state index contributed by atoms with van der Waals surface area (Å²) in [6, 6.07) is 14.6. The third kappa shape index (κ3) is 3.97. The zero-order valence-electron chi connectivity index (χ0n) is 14.9. The molecule has 1 aromatic heterocycles. The predicted molar refractivity (Wildman–Crippen MR) is 121 cm³/mol. The Morgan fingerprint density at radius 1 is 1.00 bits per heavy atom. The van der Waals surface area contributed by atoms with Crippen molar-refractivity contribution in [3.05, 3.63) is 85.3 Å². The van der Waals surface area contributed by atoms with Gasteiger partial charge in [0.25, 0.3) is 11.6 Å². The van der Waals surface area contributed by atoms with Crippen LogP contribution >= 0.6 is 46.1 Å². The van der Waals surface area contributed by atoms with Gasteiger partial charge >= 0.3 is 0 Å². The van der Waals surface area contributed by atoms with Gasteiger partial charge < -0.3 is 5.32 Å². The van der Waals surface area contributed by atoms with Gasteiger partial charge in [-0.25, -0.2) is 4.98 Å². The van der Waals surface area contributed by atoms with Gasteiger partial charge in [0, 0.05) is 17.2 Å².